The summed E-state index contributed by atoms with van der Waals surface area (Å²) in [6.07, 6.45) is 1.08. The van der Waals surface area contributed by atoms with Crippen molar-refractivity contribution < 1.29 is 9.47 Å². The zero-order valence-corrected chi connectivity index (χ0v) is 6.35. The number of hydrogen-bond donors (Lipinski definition) is 0. The molecule has 1 aliphatic heterocycles. The van der Waals surface area contributed by atoms with E-state index in [2.05, 4.69) is 16.8 Å². The molecule has 10 heavy (non-hydrogen) atoms. The van der Waals surface area contributed by atoms with Gasteiger partial charge in [-0.2, -0.15) is 4.94 Å². The molecule has 0 spiro atoms. The smallest absolute Gasteiger partial charge is 0.0917 e. The highest BCUT2D eigenvalue weighted by atomic mass is 19.3. The number of nitrogens with zero attached hydrogens (tertiary/aromatic N) is 1. The average molecular weight is 147 g/mol. The van der Waals surface area contributed by atoms with Gasteiger partial charge >= 0.3 is 0 Å². The van der Waals surface area contributed by atoms with Crippen LogP contribution in [-0.4, -0.2) is 31.1 Å². The van der Waals surface area contributed by atoms with Crippen molar-refractivity contribution in [1.82, 2.24) is 4.90 Å². The highest BCUT2D eigenvalue weighted by Gasteiger charge is 2.20. The van der Waals surface area contributed by atoms with Gasteiger partial charge < -0.3 is 4.90 Å². The zero-order chi connectivity index (χ0) is 7.40. The highest BCUT2D eigenvalue weighted by Crippen LogP contribution is 2.15. The van der Waals surface area contributed by atoms with Gasteiger partial charge in [0.25, 0.3) is 0 Å². The lowest BCUT2D eigenvalue weighted by Crippen LogP contribution is -2.20. The SMILES string of the molecule is CCN1CCC(COF)C1. The van der Waals surface area contributed by atoms with Crippen LogP contribution in [0.4, 0.5) is 4.53 Å². The second-order valence-electron chi connectivity index (χ2n) is 2.82. The van der Waals surface area contributed by atoms with Crippen molar-refractivity contribution in [3.8, 4) is 0 Å². The summed E-state index contributed by atoms with van der Waals surface area (Å²) in [5, 5.41) is 0. The molecule has 0 aromatic heterocycles. The lowest BCUT2D eigenvalue weighted by molar-refractivity contribution is -0.143. The zero-order valence-electron chi connectivity index (χ0n) is 6.35. The van der Waals surface area contributed by atoms with Crippen molar-refractivity contribution in [3.05, 3.63) is 0 Å². The molecule has 0 saturated carbocycles. The van der Waals surface area contributed by atoms with Crippen molar-refractivity contribution in [2.45, 2.75) is 13.3 Å². The molecular formula is C7H14FNO. The van der Waals surface area contributed by atoms with Gasteiger partial charge in [0.05, 0.1) is 6.61 Å². The molecule has 0 radical (unpaired) electrons. The topological polar surface area (TPSA) is 12.5 Å². The number of likely N-dealkylation sites (tertiary alicyclic amines) is 1. The summed E-state index contributed by atoms with van der Waals surface area (Å²) in [7, 11) is 0. The summed E-state index contributed by atoms with van der Waals surface area (Å²) >= 11 is 0. The molecule has 0 aromatic rings. The van der Waals surface area contributed by atoms with E-state index in [1.807, 2.05) is 0 Å². The molecule has 2 nitrogen and oxygen atoms in total. The van der Waals surface area contributed by atoms with Crippen LogP contribution >= 0.6 is 0 Å². The van der Waals surface area contributed by atoms with E-state index in [-0.39, 0.29) is 6.61 Å². The molecule has 1 atom stereocenters. The number of hydrogen-bond acceptors (Lipinski definition) is 2. The van der Waals surface area contributed by atoms with Crippen molar-refractivity contribution >= 4 is 0 Å². The summed E-state index contributed by atoms with van der Waals surface area (Å²) < 4.78 is 11.4. The minimum Gasteiger partial charge on any atom is -0.303 e. The van der Waals surface area contributed by atoms with E-state index in [1.54, 1.807) is 0 Å². The first-order valence-corrected chi connectivity index (χ1v) is 3.82. The summed E-state index contributed by atoms with van der Waals surface area (Å²) in [5.41, 5.74) is 0. The number of halogens is 1. The monoisotopic (exact) mass is 147 g/mol. The Morgan fingerprint density at radius 2 is 2.50 bits per heavy atom. The fourth-order valence-corrected chi connectivity index (χ4v) is 1.43. The molecule has 1 heterocycles. The minimum absolute atomic E-state index is 0.274. The van der Waals surface area contributed by atoms with Crippen molar-refractivity contribution in [2.75, 3.05) is 26.2 Å². The van der Waals surface area contributed by atoms with Crippen LogP contribution in [0.2, 0.25) is 0 Å². The Balaban J connectivity index is 2.15. The standard InChI is InChI=1S/C7H14FNO/c1-2-9-4-3-7(5-9)6-10-8/h7H,2-6H2,1H3. The Kier molecular flexibility index (Phi) is 3.09. The second kappa shape index (κ2) is 3.88. The molecule has 1 rings (SSSR count). The van der Waals surface area contributed by atoms with Gasteiger partial charge in [-0.25, -0.2) is 0 Å². The molecule has 0 aliphatic carbocycles. The van der Waals surface area contributed by atoms with Gasteiger partial charge in [-0.15, -0.1) is 0 Å². The van der Waals surface area contributed by atoms with E-state index in [1.165, 1.54) is 0 Å². The van der Waals surface area contributed by atoms with Gasteiger partial charge in [-0.05, 0) is 30.0 Å². The van der Waals surface area contributed by atoms with Gasteiger partial charge in [-0.1, -0.05) is 6.92 Å². The first kappa shape index (κ1) is 7.95. The van der Waals surface area contributed by atoms with E-state index in [9.17, 15) is 4.53 Å². The maximum absolute atomic E-state index is 11.4. The average Bonchev–Trinajstić information content (AvgIpc) is 2.37. The van der Waals surface area contributed by atoms with E-state index in [0.717, 1.165) is 26.1 Å². The third-order valence-corrected chi connectivity index (χ3v) is 2.12. The molecule has 1 saturated heterocycles. The van der Waals surface area contributed by atoms with Gasteiger partial charge in [-0.3, -0.25) is 0 Å². The Bertz CT molecular complexity index is 99.6. The van der Waals surface area contributed by atoms with Crippen LogP contribution in [0.15, 0.2) is 0 Å². The van der Waals surface area contributed by atoms with Crippen LogP contribution in [0.1, 0.15) is 13.3 Å². The minimum atomic E-state index is 0.274. The normalized spacial score (nSPS) is 27.6. The highest BCUT2D eigenvalue weighted by molar-refractivity contribution is 4.73. The summed E-state index contributed by atoms with van der Waals surface area (Å²) in [6, 6.07) is 0. The lowest BCUT2D eigenvalue weighted by Gasteiger charge is -2.10. The third kappa shape index (κ3) is 1.92. The molecule has 0 amide bonds. The van der Waals surface area contributed by atoms with Crippen molar-refractivity contribution in [3.63, 3.8) is 0 Å². The quantitative estimate of drug-likeness (QED) is 0.595. The lowest BCUT2D eigenvalue weighted by atomic mass is 10.1. The third-order valence-electron chi connectivity index (χ3n) is 2.12. The Morgan fingerprint density at radius 1 is 1.70 bits per heavy atom. The van der Waals surface area contributed by atoms with Crippen molar-refractivity contribution in [2.24, 2.45) is 5.92 Å². The predicted octanol–water partition coefficient (Wildman–Crippen LogP) is 1.23. The van der Waals surface area contributed by atoms with Crippen LogP contribution in [-0.2, 0) is 4.94 Å². The van der Waals surface area contributed by atoms with E-state index < -0.39 is 0 Å². The number of rotatable bonds is 3. The molecule has 0 N–H and O–H groups in total. The summed E-state index contributed by atoms with van der Waals surface area (Å²) in [4.78, 5) is 5.90. The van der Waals surface area contributed by atoms with Gasteiger partial charge in [0.1, 0.15) is 0 Å². The van der Waals surface area contributed by atoms with E-state index >= 15 is 0 Å². The van der Waals surface area contributed by atoms with Crippen LogP contribution in [0.3, 0.4) is 0 Å². The van der Waals surface area contributed by atoms with Crippen LogP contribution in [0.5, 0.6) is 0 Å². The fraction of sp³-hybridized carbons (Fsp3) is 1.00. The molecule has 60 valence electrons. The molecule has 3 heteroatoms. The Morgan fingerprint density at radius 3 is 3.00 bits per heavy atom. The van der Waals surface area contributed by atoms with Crippen LogP contribution in [0, 0.1) is 5.92 Å². The molecular weight excluding hydrogens is 133 g/mol. The maximum atomic E-state index is 11.4. The van der Waals surface area contributed by atoms with Gasteiger partial charge in [0.15, 0.2) is 0 Å². The molecule has 1 fully saturated rings. The first-order chi connectivity index (χ1) is 4.86. The molecule has 0 aromatic carbocycles. The predicted molar refractivity (Wildman–Crippen MR) is 37.3 cm³/mol. The Hall–Kier alpha value is -0.150. The summed E-state index contributed by atoms with van der Waals surface area (Å²) in [6.45, 7) is 5.57. The molecule has 1 aliphatic rings. The fourth-order valence-electron chi connectivity index (χ4n) is 1.43. The Labute approximate surface area is 60.9 Å². The van der Waals surface area contributed by atoms with E-state index in [4.69, 9.17) is 0 Å². The summed E-state index contributed by atoms with van der Waals surface area (Å²) in [5.74, 6) is 0.421. The first-order valence-electron chi connectivity index (χ1n) is 3.82. The molecule has 0 bridgehead atoms. The van der Waals surface area contributed by atoms with Gasteiger partial charge in [0.2, 0.25) is 0 Å². The largest absolute Gasteiger partial charge is 0.303 e. The van der Waals surface area contributed by atoms with E-state index in [0.29, 0.717) is 5.92 Å². The van der Waals surface area contributed by atoms with Crippen LogP contribution in [0.25, 0.3) is 0 Å². The van der Waals surface area contributed by atoms with Crippen LogP contribution < -0.4 is 0 Å². The van der Waals surface area contributed by atoms with Crippen molar-refractivity contribution in [1.29, 1.82) is 0 Å². The van der Waals surface area contributed by atoms with Gasteiger partial charge in [0, 0.05) is 6.54 Å². The second-order valence-corrected chi connectivity index (χ2v) is 2.82. The molecule has 1 unspecified atom stereocenters. The maximum Gasteiger partial charge on any atom is 0.0917 e.